The van der Waals surface area contributed by atoms with Crippen molar-refractivity contribution in [1.29, 1.82) is 0 Å². The van der Waals surface area contributed by atoms with Crippen molar-refractivity contribution >= 4 is 33.8 Å². The minimum atomic E-state index is -0.475. The molecule has 1 aromatic carbocycles. The minimum absolute atomic E-state index is 0.00130. The van der Waals surface area contributed by atoms with Gasteiger partial charge in [0.15, 0.2) is 0 Å². The van der Waals surface area contributed by atoms with Crippen molar-refractivity contribution in [3.8, 4) is 0 Å². The van der Waals surface area contributed by atoms with Gasteiger partial charge in [0.2, 0.25) is 0 Å². The molecule has 0 spiro atoms. The average molecular weight is 358 g/mol. The predicted molar refractivity (Wildman–Crippen MR) is 86.1 cm³/mol. The smallest absolute Gasteiger partial charge is 0.408 e. The van der Waals surface area contributed by atoms with Gasteiger partial charge in [0, 0.05) is 15.1 Å². The number of nitrogens with one attached hydrogen (secondary N) is 1. The molecule has 1 aromatic rings. The highest BCUT2D eigenvalue weighted by Gasteiger charge is 2.30. The third-order valence-electron chi connectivity index (χ3n) is 3.05. The van der Waals surface area contributed by atoms with E-state index in [0.717, 1.165) is 15.8 Å². The van der Waals surface area contributed by atoms with Crippen LogP contribution in [0.5, 0.6) is 0 Å². The zero-order chi connectivity index (χ0) is 14.9. The van der Waals surface area contributed by atoms with E-state index in [0.29, 0.717) is 5.92 Å². The summed E-state index contributed by atoms with van der Waals surface area (Å²) in [5.41, 5.74) is 0.686. The normalized spacial score (nSPS) is 22.1. The Balaban J connectivity index is 2.19. The number of carbonyl (C=O) groups is 1. The molecule has 2 rings (SSSR count). The van der Waals surface area contributed by atoms with Crippen LogP contribution in [0.2, 0.25) is 0 Å². The van der Waals surface area contributed by atoms with E-state index in [4.69, 9.17) is 4.74 Å². The summed E-state index contributed by atoms with van der Waals surface area (Å²) in [5, 5.41) is 3.01. The lowest BCUT2D eigenvalue weighted by Gasteiger charge is -2.32. The first-order valence-corrected chi connectivity index (χ1v) is 8.46. The third kappa shape index (κ3) is 3.92. The first kappa shape index (κ1) is 15.7. The van der Waals surface area contributed by atoms with Gasteiger partial charge in [0.05, 0.1) is 6.04 Å². The molecule has 0 aliphatic carbocycles. The lowest BCUT2D eigenvalue weighted by molar-refractivity contribution is 0.0488. The number of hydrogen-bond donors (Lipinski definition) is 1. The van der Waals surface area contributed by atoms with Gasteiger partial charge in [-0.3, -0.25) is 0 Å². The molecule has 1 heterocycles. The molecular formula is C15H20BrNO2S. The number of ether oxygens (including phenoxy) is 1. The Kier molecular flexibility index (Phi) is 4.69. The maximum atomic E-state index is 12.0. The minimum Gasteiger partial charge on any atom is -0.444 e. The predicted octanol–water partition coefficient (Wildman–Crippen LogP) is 4.76. The van der Waals surface area contributed by atoms with Crippen LogP contribution in [-0.4, -0.2) is 17.4 Å². The van der Waals surface area contributed by atoms with Gasteiger partial charge < -0.3 is 10.1 Å². The molecule has 1 aliphatic rings. The van der Waals surface area contributed by atoms with Crippen LogP contribution in [0.15, 0.2) is 27.6 Å². The zero-order valence-corrected chi connectivity index (χ0v) is 14.6. The molecular weight excluding hydrogens is 338 g/mol. The largest absolute Gasteiger partial charge is 0.444 e. The van der Waals surface area contributed by atoms with Gasteiger partial charge in [0.1, 0.15) is 5.60 Å². The number of benzene rings is 1. The summed E-state index contributed by atoms with van der Waals surface area (Å²) < 4.78 is 6.40. The van der Waals surface area contributed by atoms with Crippen LogP contribution in [0, 0.1) is 5.92 Å². The Morgan fingerprint density at radius 3 is 2.80 bits per heavy atom. The second-order valence-electron chi connectivity index (χ2n) is 6.09. The number of halogens is 1. The first-order chi connectivity index (χ1) is 9.26. The molecule has 1 amide bonds. The van der Waals surface area contributed by atoms with Gasteiger partial charge in [-0.25, -0.2) is 4.79 Å². The molecule has 2 atom stereocenters. The van der Waals surface area contributed by atoms with Gasteiger partial charge in [0.25, 0.3) is 0 Å². The van der Waals surface area contributed by atoms with E-state index in [1.807, 2.05) is 38.6 Å². The SMILES string of the molecule is CC1CSc2ccc(Br)cc2C1NC(=O)OC(C)(C)C. The Bertz CT molecular complexity index is 513. The van der Waals surface area contributed by atoms with E-state index in [-0.39, 0.29) is 12.1 Å². The highest BCUT2D eigenvalue weighted by molar-refractivity contribution is 9.10. The second kappa shape index (κ2) is 5.98. The summed E-state index contributed by atoms with van der Waals surface area (Å²) in [4.78, 5) is 13.2. The van der Waals surface area contributed by atoms with Gasteiger partial charge in [-0.2, -0.15) is 0 Å². The maximum Gasteiger partial charge on any atom is 0.408 e. The van der Waals surface area contributed by atoms with Crippen LogP contribution in [0.1, 0.15) is 39.3 Å². The molecule has 1 N–H and O–H groups in total. The van der Waals surface area contributed by atoms with E-state index in [1.54, 1.807) is 0 Å². The molecule has 0 fully saturated rings. The molecule has 1 aliphatic heterocycles. The van der Waals surface area contributed by atoms with Crippen molar-refractivity contribution < 1.29 is 9.53 Å². The van der Waals surface area contributed by atoms with Crippen LogP contribution in [0.4, 0.5) is 4.79 Å². The van der Waals surface area contributed by atoms with Crippen LogP contribution >= 0.6 is 27.7 Å². The van der Waals surface area contributed by atoms with Gasteiger partial charge in [-0.05, 0) is 50.5 Å². The van der Waals surface area contributed by atoms with Crippen LogP contribution < -0.4 is 5.32 Å². The van der Waals surface area contributed by atoms with Crippen LogP contribution in [0.25, 0.3) is 0 Å². The van der Waals surface area contributed by atoms with Crippen molar-refractivity contribution in [2.45, 2.75) is 44.2 Å². The highest BCUT2D eigenvalue weighted by atomic mass is 79.9. The molecule has 20 heavy (non-hydrogen) atoms. The lowest BCUT2D eigenvalue weighted by atomic mass is 9.95. The Morgan fingerprint density at radius 2 is 2.15 bits per heavy atom. The number of fused-ring (bicyclic) bond motifs is 1. The molecule has 0 saturated carbocycles. The molecule has 0 bridgehead atoms. The Morgan fingerprint density at radius 1 is 1.45 bits per heavy atom. The molecule has 0 radical (unpaired) electrons. The van der Waals surface area contributed by atoms with Gasteiger partial charge >= 0.3 is 6.09 Å². The van der Waals surface area contributed by atoms with E-state index < -0.39 is 5.60 Å². The molecule has 110 valence electrons. The lowest BCUT2D eigenvalue weighted by Crippen LogP contribution is -2.39. The Hall–Kier alpha value is -0.680. The third-order valence-corrected chi connectivity index (χ3v) is 4.92. The second-order valence-corrected chi connectivity index (χ2v) is 8.07. The quantitative estimate of drug-likeness (QED) is 0.787. The summed E-state index contributed by atoms with van der Waals surface area (Å²) >= 11 is 5.34. The van der Waals surface area contributed by atoms with Crippen molar-refractivity contribution in [1.82, 2.24) is 5.32 Å². The fraction of sp³-hybridized carbons (Fsp3) is 0.533. The topological polar surface area (TPSA) is 38.3 Å². The van der Waals surface area contributed by atoms with Gasteiger partial charge in [-0.1, -0.05) is 22.9 Å². The summed E-state index contributed by atoms with van der Waals surface area (Å²) in [5.74, 6) is 1.36. The number of rotatable bonds is 1. The Labute approximate surface area is 133 Å². The fourth-order valence-electron chi connectivity index (χ4n) is 2.17. The molecule has 5 heteroatoms. The summed E-state index contributed by atoms with van der Waals surface area (Å²) in [6, 6.07) is 6.21. The van der Waals surface area contributed by atoms with Crippen molar-refractivity contribution in [3.05, 3.63) is 28.2 Å². The molecule has 3 nitrogen and oxygen atoms in total. The van der Waals surface area contributed by atoms with Gasteiger partial charge in [-0.15, -0.1) is 11.8 Å². The van der Waals surface area contributed by atoms with Crippen LogP contribution in [-0.2, 0) is 4.74 Å². The first-order valence-electron chi connectivity index (χ1n) is 6.68. The monoisotopic (exact) mass is 357 g/mol. The molecule has 0 aromatic heterocycles. The van der Waals surface area contributed by atoms with Crippen molar-refractivity contribution in [3.63, 3.8) is 0 Å². The summed E-state index contributed by atoms with van der Waals surface area (Å²) in [6.07, 6.45) is -0.354. The molecule has 0 saturated heterocycles. The van der Waals surface area contributed by atoms with E-state index in [9.17, 15) is 4.79 Å². The van der Waals surface area contributed by atoms with Crippen molar-refractivity contribution in [2.24, 2.45) is 5.92 Å². The number of hydrogen-bond acceptors (Lipinski definition) is 3. The number of thioether (sulfide) groups is 1. The summed E-state index contributed by atoms with van der Waals surface area (Å²) in [6.45, 7) is 7.77. The highest BCUT2D eigenvalue weighted by Crippen LogP contribution is 2.40. The van der Waals surface area contributed by atoms with Crippen molar-refractivity contribution in [2.75, 3.05) is 5.75 Å². The summed E-state index contributed by atoms with van der Waals surface area (Å²) in [7, 11) is 0. The van der Waals surface area contributed by atoms with E-state index in [2.05, 4.69) is 40.3 Å². The fourth-order valence-corrected chi connectivity index (χ4v) is 3.70. The van der Waals surface area contributed by atoms with Crippen LogP contribution in [0.3, 0.4) is 0 Å². The van der Waals surface area contributed by atoms with E-state index in [1.165, 1.54) is 4.90 Å². The zero-order valence-electron chi connectivity index (χ0n) is 12.2. The number of carbonyl (C=O) groups excluding carboxylic acids is 1. The average Bonchev–Trinajstić information content (AvgIpc) is 2.31. The molecule has 2 unspecified atom stereocenters. The standard InChI is InChI=1S/C15H20BrNO2S/c1-9-8-20-12-6-5-10(16)7-11(12)13(9)17-14(18)19-15(2,3)4/h5-7,9,13H,8H2,1-4H3,(H,17,18). The number of amides is 1. The maximum absolute atomic E-state index is 12.0. The van der Waals surface area contributed by atoms with E-state index >= 15 is 0 Å². The number of alkyl carbamates (subject to hydrolysis) is 1.